The maximum atomic E-state index is 13.5. The highest BCUT2D eigenvalue weighted by atomic mass is 28.5. The van der Waals surface area contributed by atoms with Crippen LogP contribution in [0.2, 0.25) is 51.4 Å². The van der Waals surface area contributed by atoms with Gasteiger partial charge in [0.25, 0.3) is 0 Å². The predicted molar refractivity (Wildman–Crippen MR) is 399 cm³/mol. The first-order valence-electron chi connectivity index (χ1n) is 37.0. The average molecular weight is 1630 g/mol. The van der Waals surface area contributed by atoms with Crippen LogP contribution in [0.15, 0.2) is 146 Å². The molecule has 0 bridgehead atoms. The topological polar surface area (TPSA) is 161 Å². The molecule has 0 unspecified atom stereocenters. The average Bonchev–Trinajstić information content (AvgIpc) is 0.781. The lowest BCUT2D eigenvalue weighted by atomic mass is 10.0. The van der Waals surface area contributed by atoms with Crippen molar-refractivity contribution in [2.75, 3.05) is 26.4 Å². The molecule has 0 radical (unpaired) electrons. The van der Waals surface area contributed by atoms with Crippen LogP contribution in [0.3, 0.4) is 0 Å². The van der Waals surface area contributed by atoms with Gasteiger partial charge in [-0.15, -0.1) is 0 Å². The van der Waals surface area contributed by atoms with E-state index in [0.29, 0.717) is 13.2 Å². The molecule has 111 heavy (non-hydrogen) atoms. The fraction of sp³-hybridized carbons (Fsp3) is 0.500. The van der Waals surface area contributed by atoms with E-state index in [1.165, 1.54) is 126 Å². The minimum atomic E-state index is -6.57. The van der Waals surface area contributed by atoms with E-state index >= 15 is 0 Å². The van der Waals surface area contributed by atoms with Crippen molar-refractivity contribution in [3.05, 3.63) is 157 Å². The summed E-state index contributed by atoms with van der Waals surface area (Å²) in [6.07, 6.45) is 4.45. The molecule has 2 atom stereocenters. The molecule has 31 heteroatoms. The Morgan fingerprint density at radius 1 is 0.324 bits per heavy atom. The quantitative estimate of drug-likeness (QED) is 0.0117. The molecule has 0 aliphatic heterocycles. The maximum Gasteiger partial charge on any atom is 0.460 e. The highest BCUT2D eigenvalue weighted by Gasteiger charge is 2.74. The van der Waals surface area contributed by atoms with Gasteiger partial charge < -0.3 is 46.1 Å². The number of rotatable bonds is 48. The smallest absolute Gasteiger partial charge is 0.460 e. The number of unbranched alkanes of at least 4 members (excludes halogenated alkanes) is 16. The van der Waals surface area contributed by atoms with Crippen LogP contribution in [-0.4, -0.2) is 124 Å². The second kappa shape index (κ2) is 41.7. The first-order chi connectivity index (χ1) is 52.0. The number of benzene rings is 6. The van der Waals surface area contributed by atoms with Gasteiger partial charge in [-0.2, -0.15) is 61.5 Å². The van der Waals surface area contributed by atoms with Gasteiger partial charge in [-0.3, -0.25) is 0 Å². The van der Waals surface area contributed by atoms with Crippen LogP contribution in [0.1, 0.15) is 150 Å². The molecular formula is C80H98F14O14Si3. The summed E-state index contributed by atoms with van der Waals surface area (Å²) in [5.41, 5.74) is 3.98. The summed E-state index contributed by atoms with van der Waals surface area (Å²) in [4.78, 5) is 49.8. The second-order valence-corrected chi connectivity index (χ2v) is 41.4. The molecule has 0 fully saturated rings. The molecule has 0 heterocycles. The first-order valence-corrected chi connectivity index (χ1v) is 46.1. The second-order valence-electron chi connectivity index (χ2n) is 28.9. The number of esters is 4. The summed E-state index contributed by atoms with van der Waals surface area (Å²) in [6, 6.07) is 41.2. The zero-order valence-electron chi connectivity index (χ0n) is 63.5. The van der Waals surface area contributed by atoms with E-state index in [1.54, 1.807) is 48.5 Å². The number of hydrogen-bond donors (Lipinski definition) is 0. The third-order valence-corrected chi connectivity index (χ3v) is 29.3. The van der Waals surface area contributed by atoms with Crippen molar-refractivity contribution in [1.29, 1.82) is 0 Å². The van der Waals surface area contributed by atoms with Crippen molar-refractivity contribution in [2.24, 2.45) is 0 Å². The van der Waals surface area contributed by atoms with Gasteiger partial charge >= 0.3 is 68.5 Å². The summed E-state index contributed by atoms with van der Waals surface area (Å²) in [5, 5.41) is 0. The van der Waals surface area contributed by atoms with E-state index in [2.05, 4.69) is 48.8 Å². The lowest BCUT2D eigenvalue weighted by molar-refractivity contribution is -0.360. The molecule has 0 spiro atoms. The molecule has 0 saturated heterocycles. The summed E-state index contributed by atoms with van der Waals surface area (Å²) < 4.78 is 236. The standard InChI is InChI=1S/C80H98F14O14Si3/c1-57(71(95)101-55-75(81,82)77(85,86)79(89,90)91)103-67-43-47-69(48-44-67)105-73(97)63-31-27-59(28-32-63)61-35-39-65(40-36-61)99-51-23-19-15-11-9-13-17-21-25-53-109(3,4)107-111(7,8)108-110(5,6)54-26-22-18-14-10-12-16-20-24-52-100-66-41-37-62(38-42-66)60-29-33-64(34-30-60)74(98)106-70-49-45-68(46-50-70)104-58(2)72(96)102-56-76(83,84)78(87,88)80(92,93)94/h27-50,57-58H,9-26,51-56H2,1-8H3/t57-,58-/m1/s1. The van der Waals surface area contributed by atoms with Gasteiger partial charge in [0.05, 0.1) is 24.3 Å². The fourth-order valence-electron chi connectivity index (χ4n) is 11.9. The molecule has 0 aliphatic rings. The minimum Gasteiger partial charge on any atom is -0.494 e. The Labute approximate surface area is 642 Å². The van der Waals surface area contributed by atoms with Gasteiger partial charge in [-0.25, -0.2) is 19.2 Å². The van der Waals surface area contributed by atoms with Crippen molar-refractivity contribution in [3.63, 3.8) is 0 Å². The van der Waals surface area contributed by atoms with E-state index < -0.39 is 111 Å². The third-order valence-electron chi connectivity index (χ3n) is 17.8. The monoisotopic (exact) mass is 1630 g/mol. The third kappa shape index (κ3) is 30.1. The molecule has 14 nitrogen and oxygen atoms in total. The van der Waals surface area contributed by atoms with E-state index in [-0.39, 0.29) is 34.1 Å². The Morgan fingerprint density at radius 2 is 0.568 bits per heavy atom. The van der Waals surface area contributed by atoms with Gasteiger partial charge in [-0.05, 0) is 197 Å². The van der Waals surface area contributed by atoms with E-state index in [4.69, 9.17) is 36.7 Å². The highest BCUT2D eigenvalue weighted by Crippen LogP contribution is 2.48. The van der Waals surface area contributed by atoms with Crippen LogP contribution in [-0.2, 0) is 27.3 Å². The maximum absolute atomic E-state index is 13.5. The fourth-order valence-corrected chi connectivity index (χ4v) is 26.1. The van der Waals surface area contributed by atoms with Crippen LogP contribution < -0.4 is 28.4 Å². The number of alkyl halides is 14. The zero-order chi connectivity index (χ0) is 81.9. The number of carbonyl (C=O) groups excluding carboxylic acids is 4. The summed E-state index contributed by atoms with van der Waals surface area (Å²) in [5.74, 6) is -27.4. The molecule has 0 aliphatic carbocycles. The number of hydrogen-bond acceptors (Lipinski definition) is 14. The molecule has 0 saturated carbocycles. The summed E-state index contributed by atoms with van der Waals surface area (Å²) >= 11 is 0. The Bertz CT molecular complexity index is 3580. The minimum absolute atomic E-state index is 0.0549. The van der Waals surface area contributed by atoms with Crippen molar-refractivity contribution < 1.29 is 127 Å². The van der Waals surface area contributed by atoms with Crippen LogP contribution in [0.25, 0.3) is 22.3 Å². The van der Waals surface area contributed by atoms with Crippen molar-refractivity contribution >= 4 is 49.1 Å². The summed E-state index contributed by atoms with van der Waals surface area (Å²) in [7, 11) is -6.08. The van der Waals surface area contributed by atoms with E-state index in [0.717, 1.165) is 98.2 Å². The summed E-state index contributed by atoms with van der Waals surface area (Å²) in [6.45, 7) is 12.0. The van der Waals surface area contributed by atoms with Crippen LogP contribution in [0.5, 0.6) is 34.5 Å². The van der Waals surface area contributed by atoms with Gasteiger partial charge in [0, 0.05) is 0 Å². The largest absolute Gasteiger partial charge is 0.494 e. The Kier molecular flexibility index (Phi) is 34.5. The lowest BCUT2D eigenvalue weighted by Gasteiger charge is -2.39. The first kappa shape index (κ1) is 91.9. The molecule has 0 amide bonds. The van der Waals surface area contributed by atoms with Gasteiger partial charge in [0.1, 0.15) is 34.5 Å². The van der Waals surface area contributed by atoms with Crippen LogP contribution >= 0.6 is 0 Å². The Morgan fingerprint density at radius 3 is 0.847 bits per heavy atom. The lowest BCUT2D eigenvalue weighted by Crippen LogP contribution is -2.54. The SMILES string of the molecule is C[C@@H](Oc1ccc(OC(=O)c2ccc(-c3ccc(OCCCCCCCCCCC[Si](C)(C)O[Si](C)(C)O[Si](C)(C)CCCCCCCCCCCOc4ccc(-c5ccc(C(=O)Oc6ccc(O[C@H](C)C(=O)OCC(F)(F)C(F)(F)C(F)(F)F)cc6)cc5)cc4)cc3)cc2)cc1)C(=O)OCC(F)(F)C(F)(F)C(F)(F)F. The molecule has 6 aromatic carbocycles. The molecular weight excluding hydrogens is 1540 g/mol. The zero-order valence-corrected chi connectivity index (χ0v) is 66.5. The normalized spacial score (nSPS) is 13.2. The highest BCUT2D eigenvalue weighted by molar-refractivity contribution is 6.87. The van der Waals surface area contributed by atoms with Crippen molar-refractivity contribution in [2.45, 2.75) is 229 Å². The Balaban J connectivity index is 0.722. The van der Waals surface area contributed by atoms with E-state index in [9.17, 15) is 80.6 Å². The predicted octanol–water partition coefficient (Wildman–Crippen LogP) is 23.4. The number of carbonyl (C=O) groups is 4. The van der Waals surface area contributed by atoms with Crippen LogP contribution in [0, 0.1) is 0 Å². The van der Waals surface area contributed by atoms with Crippen LogP contribution in [0.4, 0.5) is 61.5 Å². The molecule has 6 aromatic rings. The number of ether oxygens (including phenoxy) is 8. The van der Waals surface area contributed by atoms with Crippen molar-refractivity contribution in [1.82, 2.24) is 0 Å². The molecule has 0 N–H and O–H groups in total. The van der Waals surface area contributed by atoms with Gasteiger partial charge in [0.15, 0.2) is 42.1 Å². The van der Waals surface area contributed by atoms with Crippen molar-refractivity contribution in [3.8, 4) is 56.8 Å². The molecule has 0 aromatic heterocycles. The number of halogens is 14. The van der Waals surface area contributed by atoms with Gasteiger partial charge in [-0.1, -0.05) is 151 Å². The van der Waals surface area contributed by atoms with Gasteiger partial charge in [0.2, 0.25) is 0 Å². The molecule has 612 valence electrons. The van der Waals surface area contributed by atoms with E-state index in [1.807, 2.05) is 48.5 Å². The Hall–Kier alpha value is -8.01. The molecule has 6 rings (SSSR count).